The van der Waals surface area contributed by atoms with E-state index >= 15 is 0 Å². The predicted octanol–water partition coefficient (Wildman–Crippen LogP) is 0.889. The lowest BCUT2D eigenvalue weighted by atomic mass is 10.1. The maximum Gasteiger partial charge on any atom is 0.142 e. The third-order valence-corrected chi connectivity index (χ3v) is 2.33. The summed E-state index contributed by atoms with van der Waals surface area (Å²) in [6, 6.07) is 3.04. The molecule has 0 unspecified atom stereocenters. The summed E-state index contributed by atoms with van der Waals surface area (Å²) in [7, 11) is 1.54. The molecule has 4 nitrogen and oxygen atoms in total. The molecule has 0 aliphatic carbocycles. The summed E-state index contributed by atoms with van der Waals surface area (Å²) in [6.07, 6.45) is 0. The monoisotopic (exact) mass is 215 g/mol. The van der Waals surface area contributed by atoms with E-state index in [9.17, 15) is 0 Å². The first-order valence-corrected chi connectivity index (χ1v) is 4.56. The van der Waals surface area contributed by atoms with Crippen molar-refractivity contribution in [1.82, 2.24) is 0 Å². The molecule has 0 radical (unpaired) electrons. The minimum Gasteiger partial charge on any atom is -0.495 e. The van der Waals surface area contributed by atoms with Gasteiger partial charge in [-0.05, 0) is 17.7 Å². The molecule has 0 aromatic heterocycles. The highest BCUT2D eigenvalue weighted by Crippen LogP contribution is 2.31. The molecule has 1 aromatic rings. The smallest absolute Gasteiger partial charge is 0.142 e. The van der Waals surface area contributed by atoms with Crippen molar-refractivity contribution in [2.75, 3.05) is 19.4 Å². The molecule has 0 aliphatic rings. The van der Waals surface area contributed by atoms with Gasteiger partial charge < -0.3 is 21.9 Å². The van der Waals surface area contributed by atoms with E-state index in [-0.39, 0.29) is 6.04 Å². The summed E-state index contributed by atoms with van der Waals surface area (Å²) in [5, 5.41) is 0.515. The Morgan fingerprint density at radius 3 is 2.64 bits per heavy atom. The van der Waals surface area contributed by atoms with Crippen LogP contribution in [0, 0.1) is 0 Å². The minimum absolute atomic E-state index is 0.294. The molecule has 1 atom stereocenters. The fraction of sp³-hybridized carbons (Fsp3) is 0.333. The van der Waals surface area contributed by atoms with Crippen LogP contribution in [-0.2, 0) is 0 Å². The van der Waals surface area contributed by atoms with Crippen LogP contribution < -0.4 is 21.9 Å². The van der Waals surface area contributed by atoms with Crippen LogP contribution >= 0.6 is 11.6 Å². The Kier molecular flexibility index (Phi) is 3.57. The van der Waals surface area contributed by atoms with E-state index < -0.39 is 0 Å². The van der Waals surface area contributed by atoms with Crippen LogP contribution in [0.4, 0.5) is 5.69 Å². The highest BCUT2D eigenvalue weighted by atomic mass is 35.5. The van der Waals surface area contributed by atoms with Gasteiger partial charge in [0.25, 0.3) is 0 Å². The Labute approximate surface area is 88.0 Å². The number of halogens is 1. The molecule has 6 N–H and O–H groups in total. The van der Waals surface area contributed by atoms with E-state index in [4.69, 9.17) is 33.5 Å². The van der Waals surface area contributed by atoms with Gasteiger partial charge >= 0.3 is 0 Å². The zero-order chi connectivity index (χ0) is 10.7. The highest BCUT2D eigenvalue weighted by Gasteiger charge is 2.12. The van der Waals surface area contributed by atoms with Crippen LogP contribution in [0.15, 0.2) is 12.1 Å². The molecule has 5 heteroatoms. The van der Waals surface area contributed by atoms with E-state index in [2.05, 4.69) is 0 Å². The second-order valence-corrected chi connectivity index (χ2v) is 3.37. The molecule has 0 saturated heterocycles. The van der Waals surface area contributed by atoms with Crippen molar-refractivity contribution in [2.24, 2.45) is 11.5 Å². The molecule has 1 aromatic carbocycles. The second kappa shape index (κ2) is 4.50. The zero-order valence-corrected chi connectivity index (χ0v) is 8.71. The molecule has 78 valence electrons. The number of hydrogen-bond donors (Lipinski definition) is 3. The molecule has 0 fully saturated rings. The lowest BCUT2D eigenvalue weighted by molar-refractivity contribution is 0.416. The molecule has 0 bridgehead atoms. The SMILES string of the molecule is COc1cc([C@@H](N)CN)c(Cl)cc1N. The summed E-state index contributed by atoms with van der Waals surface area (Å²) < 4.78 is 5.06. The number of ether oxygens (including phenoxy) is 1. The number of benzene rings is 1. The van der Waals surface area contributed by atoms with E-state index in [0.717, 1.165) is 5.56 Å². The Morgan fingerprint density at radius 1 is 1.50 bits per heavy atom. The van der Waals surface area contributed by atoms with Gasteiger partial charge in [-0.15, -0.1) is 0 Å². The summed E-state index contributed by atoms with van der Waals surface area (Å²) in [5.41, 5.74) is 18.1. The first-order chi connectivity index (χ1) is 6.60. The molecule has 0 amide bonds. The van der Waals surface area contributed by atoms with Gasteiger partial charge in [0.15, 0.2) is 0 Å². The second-order valence-electron chi connectivity index (χ2n) is 2.96. The molecule has 14 heavy (non-hydrogen) atoms. The number of anilines is 1. The number of hydrogen-bond acceptors (Lipinski definition) is 4. The molecular formula is C9H14ClN3O. The number of methoxy groups -OCH3 is 1. The van der Waals surface area contributed by atoms with Crippen molar-refractivity contribution in [3.8, 4) is 5.75 Å². The number of nitrogens with two attached hydrogens (primary N) is 3. The van der Waals surface area contributed by atoms with E-state index in [0.29, 0.717) is 23.0 Å². The van der Waals surface area contributed by atoms with Gasteiger partial charge in [0, 0.05) is 17.6 Å². The maximum atomic E-state index is 5.96. The van der Waals surface area contributed by atoms with Crippen LogP contribution in [0.2, 0.25) is 5.02 Å². The molecular weight excluding hydrogens is 202 g/mol. The van der Waals surface area contributed by atoms with Gasteiger partial charge in [-0.1, -0.05) is 11.6 Å². The first kappa shape index (κ1) is 11.1. The van der Waals surface area contributed by atoms with Gasteiger partial charge in [-0.3, -0.25) is 0 Å². The lowest BCUT2D eigenvalue weighted by Crippen LogP contribution is -2.21. The fourth-order valence-corrected chi connectivity index (χ4v) is 1.48. The molecule has 0 spiro atoms. The van der Waals surface area contributed by atoms with E-state index in [1.165, 1.54) is 7.11 Å². The van der Waals surface area contributed by atoms with E-state index in [1.54, 1.807) is 12.1 Å². The summed E-state index contributed by atoms with van der Waals surface area (Å²) in [5.74, 6) is 0.563. The summed E-state index contributed by atoms with van der Waals surface area (Å²) >= 11 is 5.96. The number of nitrogen functional groups attached to an aromatic ring is 1. The number of rotatable bonds is 3. The van der Waals surface area contributed by atoms with Crippen LogP contribution in [0.3, 0.4) is 0 Å². The predicted molar refractivity (Wildman–Crippen MR) is 58.4 cm³/mol. The Morgan fingerprint density at radius 2 is 2.14 bits per heavy atom. The van der Waals surface area contributed by atoms with Gasteiger partial charge in [-0.2, -0.15) is 0 Å². The van der Waals surface area contributed by atoms with Crippen molar-refractivity contribution in [3.05, 3.63) is 22.7 Å². The van der Waals surface area contributed by atoms with Gasteiger partial charge in [0.05, 0.1) is 12.8 Å². The maximum absolute atomic E-state index is 5.96. The van der Waals surface area contributed by atoms with Gasteiger partial charge in [-0.25, -0.2) is 0 Å². The van der Waals surface area contributed by atoms with Gasteiger partial charge in [0.1, 0.15) is 5.75 Å². The third kappa shape index (κ3) is 2.09. The van der Waals surface area contributed by atoms with E-state index in [1.807, 2.05) is 0 Å². The standard InChI is InChI=1S/C9H14ClN3O/c1-14-9-2-5(8(13)4-11)6(10)3-7(9)12/h2-3,8H,4,11-13H2,1H3/t8-/m0/s1. The highest BCUT2D eigenvalue weighted by molar-refractivity contribution is 6.31. The quantitative estimate of drug-likeness (QED) is 0.654. The Balaban J connectivity index is 3.17. The van der Waals surface area contributed by atoms with Crippen molar-refractivity contribution < 1.29 is 4.74 Å². The minimum atomic E-state index is -0.294. The summed E-state index contributed by atoms with van der Waals surface area (Å²) in [4.78, 5) is 0. The average molecular weight is 216 g/mol. The fourth-order valence-electron chi connectivity index (χ4n) is 1.17. The van der Waals surface area contributed by atoms with Crippen LogP contribution in [-0.4, -0.2) is 13.7 Å². The Hall–Kier alpha value is -0.970. The van der Waals surface area contributed by atoms with Crippen molar-refractivity contribution in [3.63, 3.8) is 0 Å². The van der Waals surface area contributed by atoms with Crippen molar-refractivity contribution in [1.29, 1.82) is 0 Å². The lowest BCUT2D eigenvalue weighted by Gasteiger charge is -2.14. The molecule has 0 heterocycles. The van der Waals surface area contributed by atoms with Crippen LogP contribution in [0.5, 0.6) is 5.75 Å². The van der Waals surface area contributed by atoms with Crippen molar-refractivity contribution in [2.45, 2.75) is 6.04 Å². The Bertz CT molecular complexity index is 330. The average Bonchev–Trinajstić information content (AvgIpc) is 2.17. The summed E-state index contributed by atoms with van der Waals surface area (Å²) in [6.45, 7) is 0.326. The zero-order valence-electron chi connectivity index (χ0n) is 7.96. The van der Waals surface area contributed by atoms with Crippen LogP contribution in [0.1, 0.15) is 11.6 Å². The molecule has 1 rings (SSSR count). The normalized spacial score (nSPS) is 12.6. The largest absolute Gasteiger partial charge is 0.495 e. The third-order valence-electron chi connectivity index (χ3n) is 2.00. The topological polar surface area (TPSA) is 87.3 Å². The van der Waals surface area contributed by atoms with Crippen molar-refractivity contribution >= 4 is 17.3 Å². The first-order valence-electron chi connectivity index (χ1n) is 4.18. The molecule has 0 aliphatic heterocycles. The van der Waals surface area contributed by atoms with Crippen LogP contribution in [0.25, 0.3) is 0 Å². The van der Waals surface area contributed by atoms with Gasteiger partial charge in [0.2, 0.25) is 0 Å². The molecule has 0 saturated carbocycles.